The van der Waals surface area contributed by atoms with Gasteiger partial charge in [-0.25, -0.2) is 0 Å². The second kappa shape index (κ2) is 4.08. The van der Waals surface area contributed by atoms with Crippen molar-refractivity contribution in [3.05, 3.63) is 45.9 Å². The van der Waals surface area contributed by atoms with Crippen LogP contribution in [-0.4, -0.2) is 5.11 Å². The van der Waals surface area contributed by atoms with Crippen LogP contribution in [0.5, 0.6) is 0 Å². The number of aliphatic hydroxyl groups excluding tert-OH is 1. The quantitative estimate of drug-likeness (QED) is 0.795. The second-order valence-corrected chi connectivity index (χ2v) is 3.74. The van der Waals surface area contributed by atoms with Crippen molar-refractivity contribution in [3.63, 3.8) is 0 Å². The van der Waals surface area contributed by atoms with Gasteiger partial charge in [-0.1, -0.05) is 33.6 Å². The highest BCUT2D eigenvalue weighted by Gasteiger charge is 2.04. The molecule has 1 unspecified atom stereocenters. The highest BCUT2D eigenvalue weighted by Crippen LogP contribution is 2.23. The lowest BCUT2D eigenvalue weighted by Crippen LogP contribution is -1.91. The first-order chi connectivity index (χ1) is 5.63. The Labute approximate surface area is 84.8 Å². The molecule has 1 aromatic rings. The Balaban J connectivity index is 3.08. The lowest BCUT2D eigenvalue weighted by Gasteiger charge is -2.06. The molecular formula is C9H8BrClO. The van der Waals surface area contributed by atoms with Crippen LogP contribution in [0.1, 0.15) is 11.7 Å². The van der Waals surface area contributed by atoms with Gasteiger partial charge in [0.2, 0.25) is 0 Å². The fraction of sp³-hybridized carbons (Fsp3) is 0.111. The van der Waals surface area contributed by atoms with E-state index in [0.29, 0.717) is 5.02 Å². The summed E-state index contributed by atoms with van der Waals surface area (Å²) in [4.78, 5) is 0. The van der Waals surface area contributed by atoms with Gasteiger partial charge in [0.15, 0.2) is 0 Å². The van der Waals surface area contributed by atoms with Crippen LogP contribution in [0.2, 0.25) is 5.02 Å². The molecule has 1 rings (SSSR count). The highest BCUT2D eigenvalue weighted by atomic mass is 79.9. The maximum atomic E-state index is 9.38. The molecule has 0 saturated heterocycles. The van der Waals surface area contributed by atoms with Gasteiger partial charge < -0.3 is 5.11 Å². The molecule has 3 heteroatoms. The topological polar surface area (TPSA) is 20.2 Å². The van der Waals surface area contributed by atoms with E-state index in [-0.39, 0.29) is 0 Å². The maximum Gasteiger partial charge on any atom is 0.0970 e. The minimum Gasteiger partial charge on any atom is -0.384 e. The van der Waals surface area contributed by atoms with Crippen molar-refractivity contribution in [2.24, 2.45) is 0 Å². The SMILES string of the molecule is C=CC(O)c1cc(Cl)cc(Br)c1. The van der Waals surface area contributed by atoms with Gasteiger partial charge in [0.05, 0.1) is 6.10 Å². The molecular weight excluding hydrogens is 239 g/mol. The normalized spacial score (nSPS) is 12.6. The first-order valence-corrected chi connectivity index (χ1v) is 4.57. The van der Waals surface area contributed by atoms with Gasteiger partial charge in [-0.05, 0) is 23.8 Å². The minimum atomic E-state index is -0.653. The molecule has 1 nitrogen and oxygen atoms in total. The molecule has 0 bridgehead atoms. The molecule has 0 radical (unpaired) electrons. The van der Waals surface area contributed by atoms with Gasteiger partial charge in [0.1, 0.15) is 0 Å². The lowest BCUT2D eigenvalue weighted by atomic mass is 10.1. The van der Waals surface area contributed by atoms with Crippen molar-refractivity contribution in [3.8, 4) is 0 Å². The maximum absolute atomic E-state index is 9.38. The van der Waals surface area contributed by atoms with E-state index < -0.39 is 6.10 Å². The first-order valence-electron chi connectivity index (χ1n) is 3.40. The monoisotopic (exact) mass is 246 g/mol. The van der Waals surface area contributed by atoms with E-state index in [4.69, 9.17) is 11.6 Å². The third-order valence-corrected chi connectivity index (χ3v) is 2.13. The predicted molar refractivity (Wildman–Crippen MR) is 54.3 cm³/mol. The zero-order valence-corrected chi connectivity index (χ0v) is 8.64. The fourth-order valence-corrected chi connectivity index (χ4v) is 1.77. The summed E-state index contributed by atoms with van der Waals surface area (Å²) in [5.41, 5.74) is 0.740. The summed E-state index contributed by atoms with van der Waals surface area (Å²) in [5.74, 6) is 0. The Morgan fingerprint density at radius 2 is 2.17 bits per heavy atom. The molecule has 1 aromatic carbocycles. The number of aliphatic hydroxyl groups is 1. The van der Waals surface area contributed by atoms with E-state index in [0.717, 1.165) is 10.0 Å². The summed E-state index contributed by atoms with van der Waals surface area (Å²) in [5, 5.41) is 9.98. The van der Waals surface area contributed by atoms with Gasteiger partial charge in [-0.15, -0.1) is 6.58 Å². The largest absolute Gasteiger partial charge is 0.384 e. The molecule has 12 heavy (non-hydrogen) atoms. The predicted octanol–water partition coefficient (Wildman–Crippen LogP) is 3.32. The Bertz CT molecular complexity index is 278. The van der Waals surface area contributed by atoms with Gasteiger partial charge in [0, 0.05) is 9.50 Å². The van der Waals surface area contributed by atoms with E-state index in [9.17, 15) is 5.11 Å². The molecule has 0 saturated carbocycles. The number of halogens is 2. The van der Waals surface area contributed by atoms with Crippen LogP contribution in [0.4, 0.5) is 0 Å². The Morgan fingerprint density at radius 1 is 1.50 bits per heavy atom. The lowest BCUT2D eigenvalue weighted by molar-refractivity contribution is 0.229. The standard InChI is InChI=1S/C9H8BrClO/c1-2-9(12)6-3-7(10)5-8(11)4-6/h2-5,9,12H,1H2. The average Bonchev–Trinajstić information content (AvgIpc) is 2.01. The van der Waals surface area contributed by atoms with E-state index >= 15 is 0 Å². The summed E-state index contributed by atoms with van der Waals surface area (Å²) in [6.45, 7) is 3.49. The zero-order chi connectivity index (χ0) is 9.14. The van der Waals surface area contributed by atoms with Gasteiger partial charge in [-0.2, -0.15) is 0 Å². The summed E-state index contributed by atoms with van der Waals surface area (Å²) < 4.78 is 0.853. The summed E-state index contributed by atoms with van der Waals surface area (Å²) >= 11 is 9.06. The van der Waals surface area contributed by atoms with E-state index in [1.165, 1.54) is 6.08 Å². The summed E-state index contributed by atoms with van der Waals surface area (Å²) in [7, 11) is 0. The number of rotatable bonds is 2. The Morgan fingerprint density at radius 3 is 2.67 bits per heavy atom. The molecule has 64 valence electrons. The molecule has 0 aliphatic heterocycles. The summed E-state index contributed by atoms with van der Waals surface area (Å²) in [6.07, 6.45) is 0.804. The van der Waals surface area contributed by atoms with Crippen LogP contribution in [0.15, 0.2) is 35.3 Å². The van der Waals surface area contributed by atoms with Gasteiger partial charge >= 0.3 is 0 Å². The van der Waals surface area contributed by atoms with Crippen LogP contribution in [0, 0.1) is 0 Å². The molecule has 0 aliphatic rings. The molecule has 0 aliphatic carbocycles. The molecule has 0 amide bonds. The molecule has 0 fully saturated rings. The number of hydrogen-bond donors (Lipinski definition) is 1. The van der Waals surface area contributed by atoms with Crippen LogP contribution >= 0.6 is 27.5 Å². The molecule has 0 aromatic heterocycles. The molecule has 0 heterocycles. The van der Waals surface area contributed by atoms with Crippen molar-refractivity contribution >= 4 is 27.5 Å². The van der Waals surface area contributed by atoms with Crippen molar-refractivity contribution < 1.29 is 5.11 Å². The van der Waals surface area contributed by atoms with E-state index in [1.807, 2.05) is 0 Å². The molecule has 1 atom stereocenters. The van der Waals surface area contributed by atoms with Crippen molar-refractivity contribution in [2.75, 3.05) is 0 Å². The fourth-order valence-electron chi connectivity index (χ4n) is 0.882. The number of hydrogen-bond acceptors (Lipinski definition) is 1. The highest BCUT2D eigenvalue weighted by molar-refractivity contribution is 9.10. The van der Waals surface area contributed by atoms with Gasteiger partial charge in [0.25, 0.3) is 0 Å². The summed E-state index contributed by atoms with van der Waals surface area (Å²) in [6, 6.07) is 5.28. The van der Waals surface area contributed by atoms with Crippen LogP contribution in [0.25, 0.3) is 0 Å². The molecule has 0 spiro atoms. The van der Waals surface area contributed by atoms with Crippen LogP contribution < -0.4 is 0 Å². The van der Waals surface area contributed by atoms with Crippen molar-refractivity contribution in [1.29, 1.82) is 0 Å². The van der Waals surface area contributed by atoms with Crippen LogP contribution in [0.3, 0.4) is 0 Å². The third kappa shape index (κ3) is 2.34. The number of benzene rings is 1. The van der Waals surface area contributed by atoms with E-state index in [2.05, 4.69) is 22.5 Å². The smallest absolute Gasteiger partial charge is 0.0970 e. The van der Waals surface area contributed by atoms with Crippen LogP contribution in [-0.2, 0) is 0 Å². The van der Waals surface area contributed by atoms with Crippen molar-refractivity contribution in [1.82, 2.24) is 0 Å². The van der Waals surface area contributed by atoms with Crippen molar-refractivity contribution in [2.45, 2.75) is 6.10 Å². The van der Waals surface area contributed by atoms with E-state index in [1.54, 1.807) is 18.2 Å². The Kier molecular flexibility index (Phi) is 3.32. The second-order valence-electron chi connectivity index (χ2n) is 2.38. The minimum absolute atomic E-state index is 0.597. The molecule has 1 N–H and O–H groups in total. The average molecular weight is 248 g/mol. The Hall–Kier alpha value is -0.310. The third-order valence-electron chi connectivity index (χ3n) is 1.45. The zero-order valence-electron chi connectivity index (χ0n) is 6.30. The van der Waals surface area contributed by atoms with Gasteiger partial charge in [-0.3, -0.25) is 0 Å². The first kappa shape index (κ1) is 9.78.